The summed E-state index contributed by atoms with van der Waals surface area (Å²) < 4.78 is 2.04. The molecule has 0 saturated carbocycles. The monoisotopic (exact) mass is 227 g/mol. The molecule has 3 heteroatoms. The molecule has 1 amide bonds. The summed E-state index contributed by atoms with van der Waals surface area (Å²) in [7, 11) is 0. The van der Waals surface area contributed by atoms with Crippen molar-refractivity contribution in [1.29, 1.82) is 0 Å². The fraction of sp³-hybridized carbons (Fsp3) is 0.143. The van der Waals surface area contributed by atoms with E-state index in [1.807, 2.05) is 47.3 Å². The zero-order valence-electron chi connectivity index (χ0n) is 9.76. The molecule has 0 unspecified atom stereocenters. The van der Waals surface area contributed by atoms with E-state index < -0.39 is 0 Å². The summed E-state index contributed by atoms with van der Waals surface area (Å²) in [6.45, 7) is 2.31. The number of nitrogens with one attached hydrogen (secondary N) is 1. The van der Waals surface area contributed by atoms with Gasteiger partial charge in [0.2, 0.25) is 5.91 Å². The summed E-state index contributed by atoms with van der Waals surface area (Å²) in [5, 5.41) is 2.77. The van der Waals surface area contributed by atoms with Crippen LogP contribution in [0.15, 0.2) is 54.9 Å². The van der Waals surface area contributed by atoms with Crippen LogP contribution in [0, 0.1) is 0 Å². The van der Waals surface area contributed by atoms with Gasteiger partial charge in [-0.1, -0.05) is 30.3 Å². The van der Waals surface area contributed by atoms with Crippen LogP contribution < -0.4 is 9.88 Å². The van der Waals surface area contributed by atoms with Crippen molar-refractivity contribution in [3.05, 3.63) is 60.4 Å². The summed E-state index contributed by atoms with van der Waals surface area (Å²) >= 11 is 0. The van der Waals surface area contributed by atoms with Gasteiger partial charge in [-0.15, -0.1) is 0 Å². The molecule has 0 aliphatic rings. The summed E-state index contributed by atoms with van der Waals surface area (Å²) in [4.78, 5) is 11.0. The van der Waals surface area contributed by atoms with Crippen molar-refractivity contribution in [2.45, 2.75) is 13.5 Å². The number of benzene rings is 1. The largest absolute Gasteiger partial charge is 0.321 e. The van der Waals surface area contributed by atoms with E-state index in [-0.39, 0.29) is 5.91 Å². The zero-order chi connectivity index (χ0) is 12.1. The molecular weight excluding hydrogens is 212 g/mol. The van der Waals surface area contributed by atoms with Crippen molar-refractivity contribution in [2.24, 2.45) is 0 Å². The fourth-order valence-corrected chi connectivity index (χ4v) is 1.69. The maximum atomic E-state index is 11.0. The molecule has 17 heavy (non-hydrogen) atoms. The number of carbonyl (C=O) groups is 1. The molecule has 1 N–H and O–H groups in total. The van der Waals surface area contributed by atoms with Gasteiger partial charge in [-0.3, -0.25) is 4.79 Å². The Morgan fingerprint density at radius 3 is 2.65 bits per heavy atom. The predicted molar refractivity (Wildman–Crippen MR) is 66.5 cm³/mol. The summed E-state index contributed by atoms with van der Waals surface area (Å²) in [5.41, 5.74) is 2.05. The van der Waals surface area contributed by atoms with Gasteiger partial charge in [-0.2, -0.15) is 4.57 Å². The zero-order valence-corrected chi connectivity index (χ0v) is 9.76. The normalized spacial score (nSPS) is 9.94. The molecule has 0 saturated heterocycles. The van der Waals surface area contributed by atoms with Crippen molar-refractivity contribution >= 4 is 11.6 Å². The standard InChI is InChI=1S/C14H14N2O/c1-12(17)15-14-8-5-9-16(11-14)10-13-6-3-2-4-7-13/h2-9,11H,10H2,1H3/p+1. The topological polar surface area (TPSA) is 33.0 Å². The molecule has 0 aliphatic carbocycles. The van der Waals surface area contributed by atoms with Crippen molar-refractivity contribution in [1.82, 2.24) is 0 Å². The SMILES string of the molecule is CC(=O)Nc1ccc[n+](Cc2ccccc2)c1. The highest BCUT2D eigenvalue weighted by Gasteiger charge is 2.04. The van der Waals surface area contributed by atoms with Gasteiger partial charge >= 0.3 is 0 Å². The lowest BCUT2D eigenvalue weighted by molar-refractivity contribution is -0.687. The maximum absolute atomic E-state index is 11.0. The second kappa shape index (κ2) is 5.25. The quantitative estimate of drug-likeness (QED) is 0.799. The summed E-state index contributed by atoms with van der Waals surface area (Å²) in [6.07, 6.45) is 3.91. The minimum absolute atomic E-state index is 0.0533. The Hall–Kier alpha value is -2.16. The number of hydrogen-bond donors (Lipinski definition) is 1. The molecule has 0 radical (unpaired) electrons. The van der Waals surface area contributed by atoms with Crippen LogP contribution in [0.5, 0.6) is 0 Å². The first-order valence-corrected chi connectivity index (χ1v) is 5.55. The average Bonchev–Trinajstić information content (AvgIpc) is 2.30. The molecular formula is C14H15N2O+. The summed E-state index contributed by atoms with van der Waals surface area (Å²) in [5.74, 6) is -0.0533. The van der Waals surface area contributed by atoms with Crippen LogP contribution in [0.3, 0.4) is 0 Å². The number of aromatic nitrogens is 1. The van der Waals surface area contributed by atoms with Gasteiger partial charge in [-0.05, 0) is 6.07 Å². The molecule has 0 atom stereocenters. The van der Waals surface area contributed by atoms with E-state index in [2.05, 4.69) is 17.4 Å². The van der Waals surface area contributed by atoms with Crippen LogP contribution in [0.1, 0.15) is 12.5 Å². The first-order chi connectivity index (χ1) is 8.24. The number of nitrogens with zero attached hydrogens (tertiary/aromatic N) is 1. The average molecular weight is 227 g/mol. The first-order valence-electron chi connectivity index (χ1n) is 5.55. The Bertz CT molecular complexity index is 509. The predicted octanol–water partition coefficient (Wildman–Crippen LogP) is 1.98. The smallest absolute Gasteiger partial charge is 0.221 e. The highest BCUT2D eigenvalue weighted by atomic mass is 16.1. The Labute approximate surface area is 101 Å². The van der Waals surface area contributed by atoms with E-state index in [1.165, 1.54) is 12.5 Å². The van der Waals surface area contributed by atoms with Crippen molar-refractivity contribution in [3.63, 3.8) is 0 Å². The molecule has 2 rings (SSSR count). The van der Waals surface area contributed by atoms with Crippen LogP contribution in [-0.2, 0) is 11.3 Å². The minimum atomic E-state index is -0.0533. The van der Waals surface area contributed by atoms with Crippen LogP contribution in [0.4, 0.5) is 5.69 Å². The number of hydrogen-bond acceptors (Lipinski definition) is 1. The van der Waals surface area contributed by atoms with Gasteiger partial charge in [0.05, 0.1) is 0 Å². The fourth-order valence-electron chi connectivity index (χ4n) is 1.69. The molecule has 2 aromatic rings. The van der Waals surface area contributed by atoms with Crippen molar-refractivity contribution in [2.75, 3.05) is 5.32 Å². The van der Waals surface area contributed by atoms with Gasteiger partial charge in [0.25, 0.3) is 0 Å². The van der Waals surface area contributed by atoms with Gasteiger partial charge in [0.1, 0.15) is 5.69 Å². The van der Waals surface area contributed by atoms with Gasteiger partial charge in [-0.25, -0.2) is 0 Å². The van der Waals surface area contributed by atoms with E-state index in [1.54, 1.807) is 0 Å². The molecule has 0 fully saturated rings. The molecule has 0 bridgehead atoms. The molecule has 1 aromatic carbocycles. The van der Waals surface area contributed by atoms with Crippen LogP contribution in [0.25, 0.3) is 0 Å². The molecule has 0 spiro atoms. The Morgan fingerprint density at radius 1 is 1.18 bits per heavy atom. The Balaban J connectivity index is 2.14. The van der Waals surface area contributed by atoms with E-state index in [0.29, 0.717) is 0 Å². The van der Waals surface area contributed by atoms with E-state index >= 15 is 0 Å². The Morgan fingerprint density at radius 2 is 1.94 bits per heavy atom. The Kier molecular flexibility index (Phi) is 3.50. The van der Waals surface area contributed by atoms with Gasteiger partial charge in [0, 0.05) is 18.6 Å². The lowest BCUT2D eigenvalue weighted by Gasteiger charge is -2.01. The number of anilines is 1. The second-order valence-corrected chi connectivity index (χ2v) is 3.93. The molecule has 0 aliphatic heterocycles. The maximum Gasteiger partial charge on any atom is 0.221 e. The molecule has 86 valence electrons. The lowest BCUT2D eigenvalue weighted by Crippen LogP contribution is -2.33. The molecule has 1 aromatic heterocycles. The van der Waals surface area contributed by atoms with Crippen molar-refractivity contribution < 1.29 is 9.36 Å². The highest BCUT2D eigenvalue weighted by Crippen LogP contribution is 2.03. The van der Waals surface area contributed by atoms with Gasteiger partial charge < -0.3 is 5.32 Å². The first kappa shape index (κ1) is 11.3. The van der Waals surface area contributed by atoms with Gasteiger partial charge in [0.15, 0.2) is 18.9 Å². The van der Waals surface area contributed by atoms with E-state index in [4.69, 9.17) is 0 Å². The van der Waals surface area contributed by atoms with E-state index in [9.17, 15) is 4.79 Å². The molecule has 1 heterocycles. The second-order valence-electron chi connectivity index (χ2n) is 3.93. The number of pyridine rings is 1. The van der Waals surface area contributed by atoms with Crippen LogP contribution >= 0.6 is 0 Å². The number of amides is 1. The number of rotatable bonds is 3. The minimum Gasteiger partial charge on any atom is -0.321 e. The number of carbonyl (C=O) groups excluding carboxylic acids is 1. The van der Waals surface area contributed by atoms with Crippen LogP contribution in [-0.4, -0.2) is 5.91 Å². The molecule has 3 nitrogen and oxygen atoms in total. The third-order valence-electron chi connectivity index (χ3n) is 2.39. The van der Waals surface area contributed by atoms with Crippen molar-refractivity contribution in [3.8, 4) is 0 Å². The lowest BCUT2D eigenvalue weighted by atomic mass is 10.2. The highest BCUT2D eigenvalue weighted by molar-refractivity contribution is 5.88. The van der Waals surface area contributed by atoms with E-state index in [0.717, 1.165) is 12.2 Å². The third-order valence-corrected chi connectivity index (χ3v) is 2.39. The van der Waals surface area contributed by atoms with Crippen LogP contribution in [0.2, 0.25) is 0 Å². The summed E-state index contributed by atoms with van der Waals surface area (Å²) in [6, 6.07) is 14.0. The third kappa shape index (κ3) is 3.41.